The monoisotopic (exact) mass is 475 g/mol. The molecule has 0 saturated carbocycles. The number of aliphatic carboxylic acids is 4. The van der Waals surface area contributed by atoms with Crippen molar-refractivity contribution in [3.8, 4) is 0 Å². The van der Waals surface area contributed by atoms with Crippen LogP contribution in [0.25, 0.3) is 0 Å². The van der Waals surface area contributed by atoms with E-state index in [9.17, 15) is 0 Å². The predicted molar refractivity (Wildman–Crippen MR) is 123 cm³/mol. The van der Waals surface area contributed by atoms with Gasteiger partial charge in [-0.05, 0) is 24.1 Å². The summed E-state index contributed by atoms with van der Waals surface area (Å²) in [6, 6.07) is 21.2. The lowest BCUT2D eigenvalue weighted by Crippen LogP contribution is -2.45. The van der Waals surface area contributed by atoms with Gasteiger partial charge in [0.25, 0.3) is 0 Å². The Morgan fingerprint density at radius 2 is 1.18 bits per heavy atom. The van der Waals surface area contributed by atoms with Gasteiger partial charge in [-0.15, -0.1) is 0 Å². The molecule has 0 aromatic heterocycles. The summed E-state index contributed by atoms with van der Waals surface area (Å²) in [5.74, 6) is -7.30. The van der Waals surface area contributed by atoms with Crippen molar-refractivity contribution in [2.75, 3.05) is 38.2 Å². The Balaban J connectivity index is 0.000000401. The van der Waals surface area contributed by atoms with Gasteiger partial charge in [0.1, 0.15) is 0 Å². The number of nitrogens with one attached hydrogen (secondary N) is 1. The SMILES string of the molecule is O=C(O)C(=O)O.O=C(O)C(=O)O.c1ccc(CN2CCCN(CCNc3ccccc3)C2)cc1. The van der Waals surface area contributed by atoms with Crippen LogP contribution in [0.4, 0.5) is 5.69 Å². The predicted octanol–water partition coefficient (Wildman–Crippen LogP) is 1.58. The molecule has 11 nitrogen and oxygen atoms in total. The fourth-order valence-electron chi connectivity index (χ4n) is 3.01. The number of carbonyl (C=O) groups is 4. The third-order valence-corrected chi connectivity index (χ3v) is 4.49. The van der Waals surface area contributed by atoms with Gasteiger partial charge in [-0.2, -0.15) is 0 Å². The van der Waals surface area contributed by atoms with Gasteiger partial charge in [-0.25, -0.2) is 19.2 Å². The number of carboxylic acid groups (broad SMARTS) is 4. The summed E-state index contributed by atoms with van der Waals surface area (Å²) in [5.41, 5.74) is 2.62. The highest BCUT2D eigenvalue weighted by Gasteiger charge is 2.16. The largest absolute Gasteiger partial charge is 0.473 e. The third-order valence-electron chi connectivity index (χ3n) is 4.49. The van der Waals surface area contributed by atoms with E-state index < -0.39 is 23.9 Å². The molecular weight excluding hydrogens is 446 g/mol. The minimum atomic E-state index is -1.82. The van der Waals surface area contributed by atoms with Gasteiger partial charge in [-0.3, -0.25) is 9.80 Å². The van der Waals surface area contributed by atoms with Gasteiger partial charge < -0.3 is 25.7 Å². The highest BCUT2D eigenvalue weighted by atomic mass is 16.4. The molecular formula is C23H29N3O8. The first-order valence-corrected chi connectivity index (χ1v) is 10.4. The van der Waals surface area contributed by atoms with Gasteiger partial charge in [0, 0.05) is 38.4 Å². The van der Waals surface area contributed by atoms with Crippen LogP contribution < -0.4 is 5.32 Å². The lowest BCUT2D eigenvalue weighted by Gasteiger charge is -2.35. The van der Waals surface area contributed by atoms with E-state index in [0.29, 0.717) is 0 Å². The van der Waals surface area contributed by atoms with Crippen LogP contribution in [0, 0.1) is 0 Å². The van der Waals surface area contributed by atoms with Gasteiger partial charge in [0.2, 0.25) is 0 Å². The van der Waals surface area contributed by atoms with E-state index >= 15 is 0 Å². The van der Waals surface area contributed by atoms with Crippen molar-refractivity contribution >= 4 is 29.6 Å². The second-order valence-corrected chi connectivity index (χ2v) is 7.16. The standard InChI is InChI=1S/C19H25N3.2C2H2O4/c1-3-8-18(9-4-1)16-22-14-7-13-21(17-22)15-12-20-19-10-5-2-6-11-19;2*3-1(4)2(5)6/h1-6,8-11,20H,7,12-17H2;2*(H,3,4)(H,5,6). The van der Waals surface area contributed by atoms with Crippen molar-refractivity contribution < 1.29 is 39.6 Å². The Bertz CT molecular complexity index is 861. The minimum absolute atomic E-state index is 1.00. The molecule has 0 radical (unpaired) electrons. The van der Waals surface area contributed by atoms with Crippen molar-refractivity contribution in [1.82, 2.24) is 9.80 Å². The molecule has 3 rings (SSSR count). The summed E-state index contributed by atoms with van der Waals surface area (Å²) < 4.78 is 0. The summed E-state index contributed by atoms with van der Waals surface area (Å²) in [7, 11) is 0. The molecule has 0 aliphatic carbocycles. The molecule has 1 aliphatic heterocycles. The van der Waals surface area contributed by atoms with Crippen LogP contribution in [0.3, 0.4) is 0 Å². The molecule has 0 unspecified atom stereocenters. The van der Waals surface area contributed by atoms with Gasteiger partial charge >= 0.3 is 23.9 Å². The molecule has 2 aromatic carbocycles. The number of benzene rings is 2. The first-order chi connectivity index (χ1) is 16.2. The number of carboxylic acids is 4. The molecule has 1 heterocycles. The number of anilines is 1. The van der Waals surface area contributed by atoms with Crippen LogP contribution in [-0.4, -0.2) is 87.0 Å². The van der Waals surface area contributed by atoms with E-state index in [-0.39, 0.29) is 0 Å². The average Bonchev–Trinajstić information content (AvgIpc) is 2.81. The fraction of sp³-hybridized carbons (Fsp3) is 0.304. The molecule has 34 heavy (non-hydrogen) atoms. The molecule has 11 heteroatoms. The van der Waals surface area contributed by atoms with E-state index in [2.05, 4.69) is 75.8 Å². The normalized spacial score (nSPS) is 13.3. The summed E-state index contributed by atoms with van der Waals surface area (Å²) in [6.07, 6.45) is 1.26. The van der Waals surface area contributed by atoms with Crippen molar-refractivity contribution in [3.05, 3.63) is 66.2 Å². The van der Waals surface area contributed by atoms with E-state index in [1.54, 1.807) is 0 Å². The highest BCUT2D eigenvalue weighted by molar-refractivity contribution is 6.27. The van der Waals surface area contributed by atoms with Gasteiger partial charge in [0.05, 0.1) is 6.67 Å². The van der Waals surface area contributed by atoms with E-state index in [4.69, 9.17) is 39.6 Å². The van der Waals surface area contributed by atoms with Gasteiger partial charge in [0.15, 0.2) is 0 Å². The Morgan fingerprint density at radius 3 is 1.68 bits per heavy atom. The zero-order chi connectivity index (χ0) is 25.3. The van der Waals surface area contributed by atoms with Gasteiger partial charge in [-0.1, -0.05) is 48.5 Å². The molecule has 2 aromatic rings. The van der Waals surface area contributed by atoms with E-state index in [0.717, 1.165) is 26.3 Å². The van der Waals surface area contributed by atoms with Crippen LogP contribution in [0.1, 0.15) is 12.0 Å². The topological polar surface area (TPSA) is 168 Å². The molecule has 0 atom stereocenters. The minimum Gasteiger partial charge on any atom is -0.473 e. The summed E-state index contributed by atoms with van der Waals surface area (Å²) >= 11 is 0. The van der Waals surface area contributed by atoms with E-state index in [1.807, 2.05) is 0 Å². The molecule has 0 bridgehead atoms. The lowest BCUT2D eigenvalue weighted by atomic mass is 10.2. The average molecular weight is 475 g/mol. The Morgan fingerprint density at radius 1 is 0.706 bits per heavy atom. The lowest BCUT2D eigenvalue weighted by molar-refractivity contribution is -0.159. The Hall–Kier alpha value is -3.96. The molecule has 184 valence electrons. The first kappa shape index (κ1) is 28.1. The van der Waals surface area contributed by atoms with Crippen molar-refractivity contribution in [2.45, 2.75) is 13.0 Å². The first-order valence-electron chi connectivity index (χ1n) is 10.4. The molecule has 1 aliphatic rings. The van der Waals surface area contributed by atoms with Crippen LogP contribution in [0.5, 0.6) is 0 Å². The van der Waals surface area contributed by atoms with Crippen molar-refractivity contribution in [1.29, 1.82) is 0 Å². The van der Waals surface area contributed by atoms with Crippen molar-refractivity contribution in [2.24, 2.45) is 0 Å². The number of hydrogen-bond donors (Lipinski definition) is 5. The van der Waals surface area contributed by atoms with E-state index in [1.165, 1.54) is 30.8 Å². The van der Waals surface area contributed by atoms with Crippen LogP contribution >= 0.6 is 0 Å². The number of nitrogens with zero attached hydrogens (tertiary/aromatic N) is 2. The van der Waals surface area contributed by atoms with Crippen LogP contribution in [-0.2, 0) is 25.7 Å². The van der Waals surface area contributed by atoms with Crippen LogP contribution in [0.15, 0.2) is 60.7 Å². The second kappa shape index (κ2) is 15.8. The molecule has 5 N–H and O–H groups in total. The number of rotatable bonds is 6. The highest BCUT2D eigenvalue weighted by Crippen LogP contribution is 2.11. The maximum atomic E-state index is 9.10. The molecule has 0 spiro atoms. The third kappa shape index (κ3) is 12.8. The molecule has 1 saturated heterocycles. The maximum Gasteiger partial charge on any atom is 0.414 e. The summed E-state index contributed by atoms with van der Waals surface area (Å²) in [6.45, 7) is 6.65. The molecule has 0 amide bonds. The Kier molecular flexibility index (Phi) is 13.0. The quantitative estimate of drug-likeness (QED) is 0.385. The number of para-hydroxylation sites is 1. The fourth-order valence-corrected chi connectivity index (χ4v) is 3.01. The maximum absolute atomic E-state index is 9.10. The summed E-state index contributed by atoms with van der Waals surface area (Å²) in [4.78, 5) is 41.5. The summed E-state index contributed by atoms with van der Waals surface area (Å²) in [5, 5.41) is 33.1. The smallest absolute Gasteiger partial charge is 0.414 e. The molecule has 1 fully saturated rings. The van der Waals surface area contributed by atoms with Crippen LogP contribution in [0.2, 0.25) is 0 Å². The Labute approximate surface area is 196 Å². The zero-order valence-corrected chi connectivity index (χ0v) is 18.5. The zero-order valence-electron chi connectivity index (χ0n) is 18.5. The number of hydrogen-bond acceptors (Lipinski definition) is 7. The second-order valence-electron chi connectivity index (χ2n) is 7.16. The van der Waals surface area contributed by atoms with Crippen molar-refractivity contribution in [3.63, 3.8) is 0 Å².